The molecule has 0 saturated heterocycles. The highest BCUT2D eigenvalue weighted by Gasteiger charge is 2.27. The number of carbonyl (C=O) groups excluding carboxylic acids is 1. The van der Waals surface area contributed by atoms with Gasteiger partial charge in [0.25, 0.3) is 0 Å². The van der Waals surface area contributed by atoms with Crippen molar-refractivity contribution in [2.24, 2.45) is 5.92 Å². The minimum Gasteiger partial charge on any atom is -0.332 e. The number of amides is 1. The summed E-state index contributed by atoms with van der Waals surface area (Å²) in [4.78, 5) is 14.8. The van der Waals surface area contributed by atoms with Gasteiger partial charge in [0.15, 0.2) is 0 Å². The van der Waals surface area contributed by atoms with Crippen LogP contribution >= 0.6 is 0 Å². The lowest BCUT2D eigenvalue weighted by Crippen LogP contribution is -2.40. The number of hydrogen-bond acceptors (Lipinski definition) is 1. The average Bonchev–Trinajstić information content (AvgIpc) is 3.40. The molecule has 2 aliphatic carbocycles. The maximum atomic E-state index is 13.1. The number of rotatable bonds is 5. The highest BCUT2D eigenvalue weighted by Crippen LogP contribution is 2.36. The van der Waals surface area contributed by atoms with Gasteiger partial charge < -0.3 is 4.90 Å². The van der Waals surface area contributed by atoms with Crippen LogP contribution in [0.2, 0.25) is 0 Å². The third-order valence-electron chi connectivity index (χ3n) is 5.14. The Hall–Kier alpha value is -1.64. The summed E-state index contributed by atoms with van der Waals surface area (Å²) < 4.78 is 13.1. The van der Waals surface area contributed by atoms with Crippen molar-refractivity contribution < 1.29 is 9.18 Å². The summed E-state index contributed by atoms with van der Waals surface area (Å²) in [7, 11) is 0. The van der Waals surface area contributed by atoms with E-state index < -0.39 is 0 Å². The summed E-state index contributed by atoms with van der Waals surface area (Å²) in [6.07, 6.45) is 10.1. The molecule has 0 N–H and O–H groups in total. The molecule has 0 unspecified atom stereocenters. The molecule has 2 fully saturated rings. The molecule has 1 aromatic carbocycles. The number of halogens is 1. The third kappa shape index (κ3) is 4.43. The second-order valence-electron chi connectivity index (χ2n) is 7.05. The van der Waals surface area contributed by atoms with Crippen LogP contribution in [-0.2, 0) is 11.3 Å². The molecule has 0 heterocycles. The van der Waals surface area contributed by atoms with Gasteiger partial charge in [-0.2, -0.15) is 0 Å². The first-order valence-corrected chi connectivity index (χ1v) is 8.87. The van der Waals surface area contributed by atoms with E-state index in [1.165, 1.54) is 49.8 Å². The summed E-state index contributed by atoms with van der Waals surface area (Å²) in [6, 6.07) is 6.85. The minimum absolute atomic E-state index is 0.130. The van der Waals surface area contributed by atoms with E-state index in [2.05, 4.69) is 6.92 Å². The Morgan fingerprint density at radius 3 is 2.39 bits per heavy atom. The molecule has 0 aliphatic heterocycles. The van der Waals surface area contributed by atoms with Crippen LogP contribution in [0.5, 0.6) is 0 Å². The maximum absolute atomic E-state index is 13.1. The highest BCUT2D eigenvalue weighted by molar-refractivity contribution is 5.88. The molecule has 2 saturated carbocycles. The molecular formula is C20H26FNO. The van der Waals surface area contributed by atoms with Gasteiger partial charge in [0, 0.05) is 18.7 Å². The van der Waals surface area contributed by atoms with Gasteiger partial charge in [0.2, 0.25) is 5.91 Å². The van der Waals surface area contributed by atoms with Crippen LogP contribution in [0.15, 0.2) is 35.9 Å². The van der Waals surface area contributed by atoms with Crippen molar-refractivity contribution in [2.75, 3.05) is 0 Å². The molecule has 0 atom stereocenters. The topological polar surface area (TPSA) is 20.3 Å². The Bertz CT molecular complexity index is 568. The standard InChI is InChI=1S/C20H26FNO/c1-15(17-9-10-17)13-20(23)22(19-5-3-2-4-6-19)14-16-7-11-18(21)12-8-16/h7-8,11-13,17,19H,2-6,9-10,14H2,1H3/b15-13+. The van der Waals surface area contributed by atoms with Gasteiger partial charge in [0.1, 0.15) is 5.82 Å². The summed E-state index contributed by atoms with van der Waals surface area (Å²) in [5.41, 5.74) is 2.22. The van der Waals surface area contributed by atoms with Crippen LogP contribution in [-0.4, -0.2) is 16.8 Å². The predicted molar refractivity (Wildman–Crippen MR) is 90.3 cm³/mol. The van der Waals surface area contributed by atoms with E-state index in [0.29, 0.717) is 18.5 Å². The van der Waals surface area contributed by atoms with Crippen molar-refractivity contribution in [1.82, 2.24) is 4.90 Å². The molecule has 124 valence electrons. The number of carbonyl (C=O) groups is 1. The van der Waals surface area contributed by atoms with E-state index in [1.807, 2.05) is 11.0 Å². The first-order valence-electron chi connectivity index (χ1n) is 8.87. The lowest BCUT2D eigenvalue weighted by molar-refractivity contribution is -0.129. The Morgan fingerprint density at radius 2 is 1.78 bits per heavy atom. The Morgan fingerprint density at radius 1 is 1.13 bits per heavy atom. The van der Waals surface area contributed by atoms with E-state index in [1.54, 1.807) is 12.1 Å². The van der Waals surface area contributed by atoms with Crippen molar-refractivity contribution in [3.05, 3.63) is 47.3 Å². The molecule has 3 heteroatoms. The Labute approximate surface area is 138 Å². The minimum atomic E-state index is -0.228. The number of hydrogen-bond donors (Lipinski definition) is 0. The second-order valence-corrected chi connectivity index (χ2v) is 7.05. The lowest BCUT2D eigenvalue weighted by Gasteiger charge is -2.34. The number of benzene rings is 1. The normalized spacial score (nSPS) is 19.7. The molecular weight excluding hydrogens is 289 g/mol. The summed E-state index contributed by atoms with van der Waals surface area (Å²) in [5.74, 6) is 0.525. The predicted octanol–water partition coefficient (Wildman–Crippen LogP) is 4.84. The number of nitrogens with zero attached hydrogens (tertiary/aromatic N) is 1. The molecule has 23 heavy (non-hydrogen) atoms. The van der Waals surface area contributed by atoms with Gasteiger partial charge in [-0.15, -0.1) is 0 Å². The molecule has 0 radical (unpaired) electrons. The molecule has 1 aromatic rings. The zero-order valence-corrected chi connectivity index (χ0v) is 13.9. The average molecular weight is 315 g/mol. The Kier molecular flexibility index (Phi) is 5.14. The zero-order valence-electron chi connectivity index (χ0n) is 13.9. The highest BCUT2D eigenvalue weighted by atomic mass is 19.1. The zero-order chi connectivity index (χ0) is 16.2. The van der Waals surface area contributed by atoms with E-state index in [0.717, 1.165) is 18.4 Å². The fourth-order valence-electron chi connectivity index (χ4n) is 3.50. The van der Waals surface area contributed by atoms with Crippen LogP contribution in [0.3, 0.4) is 0 Å². The molecule has 2 nitrogen and oxygen atoms in total. The fraction of sp³-hybridized carbons (Fsp3) is 0.550. The smallest absolute Gasteiger partial charge is 0.247 e. The van der Waals surface area contributed by atoms with E-state index in [-0.39, 0.29) is 11.7 Å². The molecule has 1 amide bonds. The molecule has 3 rings (SSSR count). The van der Waals surface area contributed by atoms with E-state index in [9.17, 15) is 9.18 Å². The van der Waals surface area contributed by atoms with Gasteiger partial charge in [0.05, 0.1) is 0 Å². The van der Waals surface area contributed by atoms with Crippen LogP contribution in [0, 0.1) is 11.7 Å². The molecule has 0 bridgehead atoms. The Balaban J connectivity index is 1.75. The molecule has 0 aromatic heterocycles. The van der Waals surface area contributed by atoms with Crippen LogP contribution in [0.1, 0.15) is 57.4 Å². The largest absolute Gasteiger partial charge is 0.332 e. The van der Waals surface area contributed by atoms with Gasteiger partial charge in [-0.05, 0) is 56.2 Å². The van der Waals surface area contributed by atoms with Crippen LogP contribution in [0.4, 0.5) is 4.39 Å². The number of allylic oxidation sites excluding steroid dienone is 1. The van der Waals surface area contributed by atoms with Crippen LogP contribution in [0.25, 0.3) is 0 Å². The van der Waals surface area contributed by atoms with Crippen molar-refractivity contribution in [3.63, 3.8) is 0 Å². The quantitative estimate of drug-likeness (QED) is 0.712. The van der Waals surface area contributed by atoms with E-state index in [4.69, 9.17) is 0 Å². The summed E-state index contributed by atoms with van der Waals surface area (Å²) in [5, 5.41) is 0. The molecule has 2 aliphatic rings. The van der Waals surface area contributed by atoms with Gasteiger partial charge in [-0.1, -0.05) is 37.0 Å². The van der Waals surface area contributed by atoms with Crippen LogP contribution < -0.4 is 0 Å². The lowest BCUT2D eigenvalue weighted by atomic mass is 9.93. The van der Waals surface area contributed by atoms with Gasteiger partial charge >= 0.3 is 0 Å². The maximum Gasteiger partial charge on any atom is 0.247 e. The monoisotopic (exact) mass is 315 g/mol. The first-order chi connectivity index (χ1) is 11.1. The second kappa shape index (κ2) is 7.29. The first kappa shape index (κ1) is 16.2. The third-order valence-corrected chi connectivity index (χ3v) is 5.14. The van der Waals surface area contributed by atoms with Crippen molar-refractivity contribution in [2.45, 2.75) is 64.5 Å². The van der Waals surface area contributed by atoms with E-state index >= 15 is 0 Å². The fourth-order valence-corrected chi connectivity index (χ4v) is 3.50. The van der Waals surface area contributed by atoms with Crippen molar-refractivity contribution in [1.29, 1.82) is 0 Å². The molecule has 0 spiro atoms. The van der Waals surface area contributed by atoms with Crippen molar-refractivity contribution in [3.8, 4) is 0 Å². The SMILES string of the molecule is C/C(=C\C(=O)N(Cc1ccc(F)cc1)C1CCCCC1)C1CC1. The summed E-state index contributed by atoms with van der Waals surface area (Å²) in [6.45, 7) is 2.66. The summed E-state index contributed by atoms with van der Waals surface area (Å²) >= 11 is 0. The van der Waals surface area contributed by atoms with Crippen molar-refractivity contribution >= 4 is 5.91 Å². The van der Waals surface area contributed by atoms with Gasteiger partial charge in [-0.25, -0.2) is 4.39 Å². The van der Waals surface area contributed by atoms with Gasteiger partial charge in [-0.3, -0.25) is 4.79 Å².